The van der Waals surface area contributed by atoms with Crippen LogP contribution in [-0.4, -0.2) is 27.6 Å². The summed E-state index contributed by atoms with van der Waals surface area (Å²) < 4.78 is 2.31. The summed E-state index contributed by atoms with van der Waals surface area (Å²) in [4.78, 5) is 12.0. The van der Waals surface area contributed by atoms with Gasteiger partial charge in [-0.1, -0.05) is 29.8 Å². The number of aromatic nitrogens is 3. The molecule has 0 spiro atoms. The number of fused-ring (bicyclic) bond motifs is 1. The van der Waals surface area contributed by atoms with Crippen LogP contribution in [0.1, 0.15) is 40.2 Å². The molecule has 4 nitrogen and oxygen atoms in total. The molecular weight excluding hydrogens is 356 g/mol. The highest BCUT2D eigenvalue weighted by Gasteiger charge is 2.23. The number of anilines is 1. The third-order valence-electron chi connectivity index (χ3n) is 5.56. The van der Waals surface area contributed by atoms with E-state index in [4.69, 9.17) is 9.97 Å². The van der Waals surface area contributed by atoms with Crippen LogP contribution in [0.4, 0.5) is 5.82 Å². The predicted molar refractivity (Wildman–Crippen MR) is 125 cm³/mol. The maximum absolute atomic E-state index is 4.90. The molecule has 0 radical (unpaired) electrons. The van der Waals surface area contributed by atoms with Crippen molar-refractivity contribution in [3.05, 3.63) is 71.2 Å². The summed E-state index contributed by atoms with van der Waals surface area (Å²) in [5.74, 6) is 1.76. The monoisotopic (exact) mass is 388 g/mol. The molecule has 0 aliphatic rings. The minimum atomic E-state index is 0.742. The number of rotatable bonds is 7. The van der Waals surface area contributed by atoms with Crippen LogP contribution in [0.5, 0.6) is 0 Å². The van der Waals surface area contributed by atoms with Gasteiger partial charge in [0.05, 0.1) is 11.1 Å². The van der Waals surface area contributed by atoms with E-state index in [1.165, 1.54) is 33.6 Å². The zero-order valence-electron chi connectivity index (χ0n) is 18.6. The van der Waals surface area contributed by atoms with Gasteiger partial charge in [-0.15, -0.1) is 13.2 Å². The first-order valence-corrected chi connectivity index (χ1v) is 10.2. The first-order chi connectivity index (χ1) is 13.8. The van der Waals surface area contributed by atoms with Crippen LogP contribution in [0.2, 0.25) is 0 Å². The smallest absolute Gasteiger partial charge is 0.150 e. The van der Waals surface area contributed by atoms with Gasteiger partial charge in [-0.25, -0.2) is 9.97 Å². The molecule has 0 saturated heterocycles. The molecule has 1 aromatic carbocycles. The topological polar surface area (TPSA) is 34.0 Å². The highest BCUT2D eigenvalue weighted by Crippen LogP contribution is 2.35. The number of benzene rings is 1. The number of hydrogen-bond donors (Lipinski definition) is 0. The Morgan fingerprint density at radius 1 is 0.966 bits per heavy atom. The third kappa shape index (κ3) is 3.71. The Labute approximate surface area is 174 Å². The van der Waals surface area contributed by atoms with E-state index < -0.39 is 0 Å². The summed E-state index contributed by atoms with van der Waals surface area (Å²) in [6, 6.07) is 4.48. The van der Waals surface area contributed by atoms with Crippen molar-refractivity contribution in [2.75, 3.05) is 18.0 Å². The first kappa shape index (κ1) is 20.8. The van der Waals surface area contributed by atoms with Crippen molar-refractivity contribution in [1.82, 2.24) is 14.5 Å². The minimum Gasteiger partial charge on any atom is -0.352 e. The fourth-order valence-electron chi connectivity index (χ4n) is 4.26. The van der Waals surface area contributed by atoms with Crippen molar-refractivity contribution in [2.24, 2.45) is 0 Å². The van der Waals surface area contributed by atoms with E-state index in [0.29, 0.717) is 0 Å². The van der Waals surface area contributed by atoms with E-state index in [9.17, 15) is 0 Å². The zero-order valence-corrected chi connectivity index (χ0v) is 18.6. The van der Waals surface area contributed by atoms with E-state index in [1.807, 2.05) is 19.1 Å². The molecule has 0 fully saturated rings. The van der Waals surface area contributed by atoms with Crippen LogP contribution in [0, 0.1) is 41.5 Å². The molecular formula is C25H32N4. The van der Waals surface area contributed by atoms with Gasteiger partial charge in [0.1, 0.15) is 11.6 Å². The first-order valence-electron chi connectivity index (χ1n) is 10.2. The molecule has 2 aromatic heterocycles. The molecule has 29 heavy (non-hydrogen) atoms. The molecule has 0 aliphatic heterocycles. The molecule has 0 aliphatic carbocycles. The van der Waals surface area contributed by atoms with Gasteiger partial charge >= 0.3 is 0 Å². The van der Waals surface area contributed by atoms with E-state index >= 15 is 0 Å². The van der Waals surface area contributed by atoms with Gasteiger partial charge in [0.25, 0.3) is 0 Å². The van der Waals surface area contributed by atoms with Crippen LogP contribution in [-0.2, 0) is 0 Å². The lowest BCUT2D eigenvalue weighted by Gasteiger charge is -2.23. The number of hydrogen-bond acceptors (Lipinski definition) is 3. The molecule has 152 valence electrons. The van der Waals surface area contributed by atoms with Crippen molar-refractivity contribution in [1.29, 1.82) is 0 Å². The minimum absolute atomic E-state index is 0.742. The van der Waals surface area contributed by atoms with Crippen LogP contribution < -0.4 is 4.90 Å². The second kappa shape index (κ2) is 8.24. The lowest BCUT2D eigenvalue weighted by atomic mass is 10.0. The third-order valence-corrected chi connectivity index (χ3v) is 5.56. The Morgan fingerprint density at radius 3 is 2.21 bits per heavy atom. The Kier molecular flexibility index (Phi) is 5.92. The fraction of sp³-hybridized carbons (Fsp3) is 0.360. The van der Waals surface area contributed by atoms with Crippen molar-refractivity contribution in [2.45, 2.75) is 48.0 Å². The predicted octanol–water partition coefficient (Wildman–Crippen LogP) is 5.84. The molecule has 0 bridgehead atoms. The molecule has 2 heterocycles. The molecule has 4 heteroatoms. The van der Waals surface area contributed by atoms with Crippen LogP contribution in [0.25, 0.3) is 16.7 Å². The number of nitrogens with zero attached hydrogens (tertiary/aromatic N) is 4. The summed E-state index contributed by atoms with van der Waals surface area (Å²) in [5.41, 5.74) is 8.43. The van der Waals surface area contributed by atoms with Gasteiger partial charge in [0.2, 0.25) is 0 Å². The molecule has 0 unspecified atom stereocenters. The fourth-order valence-corrected chi connectivity index (χ4v) is 4.26. The van der Waals surface area contributed by atoms with Gasteiger partial charge in [0.15, 0.2) is 5.65 Å². The average molecular weight is 389 g/mol. The van der Waals surface area contributed by atoms with Crippen LogP contribution in [0.3, 0.4) is 0 Å². The molecule has 3 aromatic rings. The van der Waals surface area contributed by atoms with Crippen molar-refractivity contribution < 1.29 is 0 Å². The Hall–Kier alpha value is -2.88. The summed E-state index contributed by atoms with van der Waals surface area (Å²) in [7, 11) is 0. The van der Waals surface area contributed by atoms with Crippen molar-refractivity contribution in [3.63, 3.8) is 0 Å². The van der Waals surface area contributed by atoms with Crippen molar-refractivity contribution >= 4 is 16.9 Å². The lowest BCUT2D eigenvalue weighted by molar-refractivity contribution is 0.832. The van der Waals surface area contributed by atoms with Gasteiger partial charge in [-0.05, 0) is 64.7 Å². The second-order valence-corrected chi connectivity index (χ2v) is 7.90. The molecule has 0 atom stereocenters. The van der Waals surface area contributed by atoms with Gasteiger partial charge in [0, 0.05) is 18.8 Å². The van der Waals surface area contributed by atoms with E-state index in [-0.39, 0.29) is 0 Å². The van der Waals surface area contributed by atoms with E-state index in [2.05, 4.69) is 69.4 Å². The SMILES string of the molecule is C=CCCN(CC=C)c1nc(C)nc2c1c(C)c(C)n2-c1c(C)cc(C)cc1C. The maximum Gasteiger partial charge on any atom is 0.150 e. The Balaban J connectivity index is 2.37. The Morgan fingerprint density at radius 2 is 1.62 bits per heavy atom. The van der Waals surface area contributed by atoms with Crippen molar-refractivity contribution in [3.8, 4) is 5.69 Å². The molecule has 0 N–H and O–H groups in total. The molecule has 0 amide bonds. The summed E-state index contributed by atoms with van der Waals surface area (Å²) in [5, 5.41) is 1.12. The van der Waals surface area contributed by atoms with Gasteiger partial charge in [-0.3, -0.25) is 4.57 Å². The van der Waals surface area contributed by atoms with E-state index in [0.717, 1.165) is 42.2 Å². The maximum atomic E-state index is 4.90. The van der Waals surface area contributed by atoms with Gasteiger partial charge in [-0.2, -0.15) is 0 Å². The Bertz CT molecular complexity index is 1070. The number of aryl methyl sites for hydroxylation is 5. The van der Waals surface area contributed by atoms with E-state index in [1.54, 1.807) is 0 Å². The average Bonchev–Trinajstić information content (AvgIpc) is 2.89. The summed E-state index contributed by atoms with van der Waals surface area (Å²) in [6.45, 7) is 22.2. The highest BCUT2D eigenvalue weighted by molar-refractivity contribution is 5.94. The van der Waals surface area contributed by atoms with Gasteiger partial charge < -0.3 is 4.90 Å². The second-order valence-electron chi connectivity index (χ2n) is 7.90. The zero-order chi connectivity index (χ0) is 21.3. The molecule has 0 saturated carbocycles. The lowest BCUT2D eigenvalue weighted by Crippen LogP contribution is -2.26. The van der Waals surface area contributed by atoms with Crippen LogP contribution >= 0.6 is 0 Å². The van der Waals surface area contributed by atoms with Crippen LogP contribution in [0.15, 0.2) is 37.4 Å². The summed E-state index contributed by atoms with van der Waals surface area (Å²) in [6.07, 6.45) is 4.77. The highest BCUT2D eigenvalue weighted by atomic mass is 15.2. The summed E-state index contributed by atoms with van der Waals surface area (Å²) >= 11 is 0. The quantitative estimate of drug-likeness (QED) is 0.477. The standard InChI is InChI=1S/C25H32N4/c1-9-11-13-28(12-10-2)24-22-19(6)20(7)29(25(22)27-21(8)26-24)23-17(4)14-16(3)15-18(23)5/h9-10,14-15H,1-2,11-13H2,3-8H3. The largest absolute Gasteiger partial charge is 0.352 e. The molecule has 3 rings (SSSR count). The normalized spacial score (nSPS) is 11.1.